The molecule has 5 amide bonds. The molecule has 1 saturated heterocycles. The van der Waals surface area contributed by atoms with E-state index in [1.165, 1.54) is 28.6 Å². The summed E-state index contributed by atoms with van der Waals surface area (Å²) in [6.45, 7) is 8.86. The van der Waals surface area contributed by atoms with Crippen molar-refractivity contribution in [2.45, 2.75) is 104 Å². The molecule has 2 aromatic heterocycles. The Morgan fingerprint density at radius 3 is 2.20 bits per heavy atom. The lowest BCUT2D eigenvalue weighted by Gasteiger charge is -2.35. The number of aliphatic hydroxyl groups excluding tert-OH is 1. The SMILES string of the molecule is COc1cnc(C(=O)NCc2cccc(CC(=O)NCCOCCOCCOCC(=O)N[C@H](C(=O)N3C[C@H](O)C[C@H]3C(=O)NCc3ccc(-c4sccc4C)cc3)C(C)(C)C)c2)cc1/C=C/C1CCC(C(F)(F)F)CC1. The van der Waals surface area contributed by atoms with Gasteiger partial charge in [0.25, 0.3) is 5.91 Å². The lowest BCUT2D eigenvalue weighted by molar-refractivity contribution is -0.183. The first kappa shape index (κ1) is 59.1. The van der Waals surface area contributed by atoms with Crippen LogP contribution in [0.1, 0.15) is 91.2 Å². The molecule has 2 aliphatic rings. The lowest BCUT2D eigenvalue weighted by Crippen LogP contribution is -2.58. The molecule has 1 aliphatic heterocycles. The van der Waals surface area contributed by atoms with E-state index in [4.69, 9.17) is 18.9 Å². The largest absolute Gasteiger partial charge is 0.495 e. The zero-order valence-corrected chi connectivity index (χ0v) is 44.7. The summed E-state index contributed by atoms with van der Waals surface area (Å²) in [4.78, 5) is 72.9. The lowest BCUT2D eigenvalue weighted by atomic mass is 9.81. The van der Waals surface area contributed by atoms with Gasteiger partial charge in [-0.2, -0.15) is 13.2 Å². The number of likely N-dealkylation sites (tertiary alicyclic amines) is 1. The van der Waals surface area contributed by atoms with Crippen molar-refractivity contribution in [1.29, 1.82) is 0 Å². The van der Waals surface area contributed by atoms with E-state index in [0.29, 0.717) is 24.2 Å². The number of alkyl halides is 3. The fourth-order valence-electron chi connectivity index (χ4n) is 9.07. The molecule has 0 radical (unpaired) electrons. The smallest absolute Gasteiger partial charge is 0.391 e. The van der Waals surface area contributed by atoms with Crippen molar-refractivity contribution in [2.24, 2.45) is 17.3 Å². The number of amides is 5. The second-order valence-corrected chi connectivity index (χ2v) is 21.2. The van der Waals surface area contributed by atoms with Crippen molar-refractivity contribution < 1.29 is 61.2 Å². The zero-order valence-electron chi connectivity index (χ0n) is 43.8. The molecule has 1 aliphatic carbocycles. The van der Waals surface area contributed by atoms with Gasteiger partial charge in [0.2, 0.25) is 23.6 Å². The van der Waals surface area contributed by atoms with Crippen LogP contribution in [0.25, 0.3) is 16.5 Å². The number of aromatic nitrogens is 1. The maximum Gasteiger partial charge on any atom is 0.391 e. The summed E-state index contributed by atoms with van der Waals surface area (Å²) in [5, 5.41) is 24.0. The summed E-state index contributed by atoms with van der Waals surface area (Å²) in [6, 6.07) is 17.0. The summed E-state index contributed by atoms with van der Waals surface area (Å²) >= 11 is 1.67. The van der Waals surface area contributed by atoms with Crippen LogP contribution in [0.2, 0.25) is 0 Å². The number of rotatable bonds is 25. The fourth-order valence-corrected chi connectivity index (χ4v) is 10.0. The zero-order chi connectivity index (χ0) is 54.8. The molecule has 76 heavy (non-hydrogen) atoms. The fraction of sp³-hybridized carbons (Fsp3) is 0.500. The Morgan fingerprint density at radius 2 is 1.53 bits per heavy atom. The molecule has 412 valence electrons. The first-order chi connectivity index (χ1) is 36.3. The Morgan fingerprint density at radius 1 is 0.842 bits per heavy atom. The number of nitrogens with zero attached hydrogens (tertiary/aromatic N) is 2. The quantitative estimate of drug-likeness (QED) is 0.0429. The maximum absolute atomic E-state index is 13.9. The number of benzene rings is 2. The van der Waals surface area contributed by atoms with Crippen LogP contribution in [0.5, 0.6) is 5.75 Å². The summed E-state index contributed by atoms with van der Waals surface area (Å²) in [5.74, 6) is -2.84. The summed E-state index contributed by atoms with van der Waals surface area (Å²) in [6.07, 6.45) is 1.26. The number of aryl methyl sites for hydroxylation is 1. The molecular formula is C56H71F3N6O10S. The number of β-amino-alcohol motifs (C(OH)–C–C–N with tert-alkyl or cyclic N) is 1. The molecule has 3 heterocycles. The molecule has 6 rings (SSSR count). The van der Waals surface area contributed by atoms with E-state index in [2.05, 4.69) is 39.2 Å². The minimum atomic E-state index is -4.17. The van der Waals surface area contributed by atoms with Gasteiger partial charge in [-0.25, -0.2) is 4.98 Å². The predicted molar refractivity (Wildman–Crippen MR) is 282 cm³/mol. The minimum absolute atomic E-state index is 0.00396. The van der Waals surface area contributed by atoms with E-state index in [1.807, 2.05) is 74.7 Å². The average molecular weight is 1080 g/mol. The number of methoxy groups -OCH3 is 1. The maximum atomic E-state index is 13.9. The molecule has 2 aromatic carbocycles. The van der Waals surface area contributed by atoms with Gasteiger partial charge in [0.05, 0.1) is 64.8 Å². The number of thiophene rings is 1. The second kappa shape index (κ2) is 28.3. The average Bonchev–Trinajstić information content (AvgIpc) is 4.02. The first-order valence-corrected chi connectivity index (χ1v) is 26.5. The van der Waals surface area contributed by atoms with Crippen LogP contribution in [0.3, 0.4) is 0 Å². The summed E-state index contributed by atoms with van der Waals surface area (Å²) in [5.41, 5.74) is 4.73. The van der Waals surface area contributed by atoms with Crippen molar-refractivity contribution in [3.63, 3.8) is 0 Å². The summed E-state index contributed by atoms with van der Waals surface area (Å²) < 4.78 is 61.4. The molecule has 5 N–H and O–H groups in total. The second-order valence-electron chi connectivity index (χ2n) is 20.2. The molecule has 1 saturated carbocycles. The van der Waals surface area contributed by atoms with Crippen molar-refractivity contribution >= 4 is 46.9 Å². The van der Waals surface area contributed by atoms with Crippen LogP contribution in [-0.4, -0.2) is 129 Å². The van der Waals surface area contributed by atoms with Crippen molar-refractivity contribution in [1.82, 2.24) is 31.2 Å². The number of allylic oxidation sites excluding steroid dienone is 1. The van der Waals surface area contributed by atoms with E-state index < -0.39 is 53.4 Å². The van der Waals surface area contributed by atoms with Gasteiger partial charge in [-0.15, -0.1) is 11.3 Å². The standard InChI is InChI=1S/C56H71F3N6O10S/c1-36-19-26-76-50(36)41-14-10-38(11-15-41)31-63-53(70)46-30-44(66)34-65(46)54(71)51(55(2,3)4)64-49(68)35-75-25-24-74-23-22-73-21-20-60-48(67)28-39-7-6-8-40(27-39)32-62-52(69)45-29-42(47(72-5)33-61-45)16-9-37-12-17-43(18-13-37)56(57,58)59/h6-11,14-16,19,26-27,29,33,37,43-44,46,51,66H,12-13,17-18,20-25,28,30-32,34-35H2,1-5H3,(H,60,67)(H,62,69)(H,63,70)(H,64,68)/b16-9+/t37?,43?,44-,46+,51-/m1/s1. The van der Waals surface area contributed by atoms with Crippen molar-refractivity contribution in [3.05, 3.63) is 112 Å². The highest BCUT2D eigenvalue weighted by molar-refractivity contribution is 7.13. The van der Waals surface area contributed by atoms with E-state index in [1.54, 1.807) is 29.5 Å². The number of halogens is 3. The predicted octanol–water partition coefficient (Wildman–Crippen LogP) is 6.96. The van der Waals surface area contributed by atoms with E-state index in [0.717, 1.165) is 22.3 Å². The molecule has 16 nitrogen and oxygen atoms in total. The molecule has 2 fully saturated rings. The number of nitrogens with one attached hydrogen (secondary N) is 4. The van der Waals surface area contributed by atoms with Crippen LogP contribution in [0.4, 0.5) is 13.2 Å². The Bertz CT molecular complexity index is 2600. The normalized spacial score (nSPS) is 18.3. The molecule has 0 bridgehead atoms. The number of hydrogen-bond donors (Lipinski definition) is 5. The van der Waals surface area contributed by atoms with Crippen LogP contribution >= 0.6 is 11.3 Å². The monoisotopic (exact) mass is 1080 g/mol. The van der Waals surface area contributed by atoms with Crippen LogP contribution in [-0.2, 0) is 52.9 Å². The van der Waals surface area contributed by atoms with Gasteiger partial charge in [0.15, 0.2) is 0 Å². The van der Waals surface area contributed by atoms with Gasteiger partial charge in [-0.3, -0.25) is 24.0 Å². The Kier molecular flexibility index (Phi) is 22.0. The number of carbonyl (C=O) groups is 5. The molecule has 0 spiro atoms. The number of hydrogen-bond acceptors (Lipinski definition) is 12. The van der Waals surface area contributed by atoms with E-state index in [9.17, 15) is 42.3 Å². The first-order valence-electron chi connectivity index (χ1n) is 25.6. The number of pyridine rings is 1. The molecule has 3 atom stereocenters. The Labute approximate surface area is 446 Å². The molecule has 0 unspecified atom stereocenters. The Balaban J connectivity index is 0.818. The minimum Gasteiger partial charge on any atom is -0.495 e. The third kappa shape index (κ3) is 18.0. The highest BCUT2D eigenvalue weighted by atomic mass is 32.1. The van der Waals surface area contributed by atoms with Crippen molar-refractivity contribution in [3.8, 4) is 16.2 Å². The Hall–Kier alpha value is -6.19. The molecule has 4 aromatic rings. The van der Waals surface area contributed by atoms with Gasteiger partial charge in [-0.1, -0.05) is 81.5 Å². The van der Waals surface area contributed by atoms with Crippen LogP contribution in [0, 0.1) is 24.2 Å². The van der Waals surface area contributed by atoms with Gasteiger partial charge in [0, 0.05) is 43.0 Å². The molecule has 20 heteroatoms. The van der Waals surface area contributed by atoms with Gasteiger partial charge >= 0.3 is 6.18 Å². The number of carbonyl (C=O) groups excluding carboxylic acids is 5. The third-order valence-corrected chi connectivity index (χ3v) is 14.4. The van der Waals surface area contributed by atoms with Crippen molar-refractivity contribution in [2.75, 3.05) is 59.8 Å². The number of aliphatic hydroxyl groups is 1. The summed E-state index contributed by atoms with van der Waals surface area (Å²) in [7, 11) is 1.48. The van der Waals surface area contributed by atoms with Crippen LogP contribution < -0.4 is 26.0 Å². The third-order valence-electron chi connectivity index (χ3n) is 13.3. The van der Waals surface area contributed by atoms with Crippen LogP contribution in [0.15, 0.2) is 78.3 Å². The van der Waals surface area contributed by atoms with Gasteiger partial charge in [-0.05, 0) is 89.3 Å². The number of ether oxygens (including phenoxy) is 4. The van der Waals surface area contributed by atoms with E-state index in [-0.39, 0.29) is 115 Å². The van der Waals surface area contributed by atoms with Gasteiger partial charge in [0.1, 0.15) is 30.1 Å². The highest BCUT2D eigenvalue weighted by Gasteiger charge is 2.45. The molecular weight excluding hydrogens is 1010 g/mol. The topological polar surface area (TPSA) is 207 Å². The van der Waals surface area contributed by atoms with E-state index >= 15 is 0 Å². The van der Waals surface area contributed by atoms with Gasteiger partial charge < -0.3 is 50.2 Å². The highest BCUT2D eigenvalue weighted by Crippen LogP contribution is 2.40.